The van der Waals surface area contributed by atoms with Crippen LogP contribution in [0.15, 0.2) is 41.3 Å². The van der Waals surface area contributed by atoms with Crippen LogP contribution in [-0.2, 0) is 6.42 Å². The van der Waals surface area contributed by atoms with Gasteiger partial charge in [0.15, 0.2) is 0 Å². The molecule has 0 aliphatic heterocycles. The van der Waals surface area contributed by atoms with Crippen molar-refractivity contribution in [2.75, 3.05) is 11.5 Å². The lowest BCUT2D eigenvalue weighted by Crippen LogP contribution is -2.34. The lowest BCUT2D eigenvalue weighted by Gasteiger charge is -2.24. The Hall–Kier alpha value is -2.82. The van der Waals surface area contributed by atoms with Crippen LogP contribution < -0.4 is 11.5 Å². The number of pyridine rings is 1. The van der Waals surface area contributed by atoms with Gasteiger partial charge in [-0.1, -0.05) is 0 Å². The molecule has 5 atom stereocenters. The summed E-state index contributed by atoms with van der Waals surface area (Å²) in [5.74, 6) is 0.466. The SMILES string of the molecule is Nc1nc2cc(CC[C@@]34C[C@@H]3[C@@H](n3ccc5c(N)ncnc53)[C@H](O)[C@@H]4O)c(F)cc2cc1Br. The maximum Gasteiger partial charge on any atom is 0.145 e. The number of aryl methyl sites for hydroxylation is 1. The van der Waals surface area contributed by atoms with Gasteiger partial charge in [0.2, 0.25) is 0 Å². The van der Waals surface area contributed by atoms with Crippen molar-refractivity contribution in [3.63, 3.8) is 0 Å². The number of halogens is 2. The Morgan fingerprint density at radius 1 is 1.18 bits per heavy atom. The van der Waals surface area contributed by atoms with Crippen molar-refractivity contribution in [2.24, 2.45) is 11.3 Å². The Bertz CT molecular complexity index is 1430. The molecule has 1 aromatic carbocycles. The summed E-state index contributed by atoms with van der Waals surface area (Å²) in [6.07, 6.45) is 3.11. The standard InChI is InChI=1S/C23H22BrFN6O2/c24-14-5-11-6-15(25)10(7-16(11)30-21(14)27)1-3-23-8-13(23)17(18(32)19(23)33)31-4-2-12-20(26)28-9-29-22(12)31/h2,4-7,9,13,17-19,32-33H,1,3,8H2,(H2,27,30)(H2,26,28,29)/t13-,17-,18+,19+,23-/m1/s1. The van der Waals surface area contributed by atoms with Gasteiger partial charge in [-0.3, -0.25) is 0 Å². The van der Waals surface area contributed by atoms with E-state index >= 15 is 0 Å². The Balaban J connectivity index is 1.29. The minimum absolute atomic E-state index is 0.0579. The molecule has 6 rings (SSSR count). The fourth-order valence-electron chi connectivity index (χ4n) is 5.73. The van der Waals surface area contributed by atoms with Gasteiger partial charge in [0.25, 0.3) is 0 Å². The quantitative estimate of drug-likeness (QED) is 0.330. The highest BCUT2D eigenvalue weighted by Gasteiger charge is 2.70. The van der Waals surface area contributed by atoms with E-state index in [0.29, 0.717) is 56.4 Å². The molecule has 170 valence electrons. The number of hydrogen-bond acceptors (Lipinski definition) is 7. The molecule has 2 aliphatic carbocycles. The van der Waals surface area contributed by atoms with Crippen LogP contribution >= 0.6 is 15.9 Å². The molecule has 8 nitrogen and oxygen atoms in total. The van der Waals surface area contributed by atoms with Gasteiger partial charge in [-0.05, 0) is 70.9 Å². The molecule has 6 N–H and O–H groups in total. The fraction of sp³-hybridized carbons (Fsp3) is 0.348. The second kappa shape index (κ2) is 7.09. The van der Waals surface area contributed by atoms with E-state index in [9.17, 15) is 14.6 Å². The molecule has 0 unspecified atom stereocenters. The molecule has 0 saturated heterocycles. The van der Waals surface area contributed by atoms with E-state index in [1.165, 1.54) is 12.4 Å². The van der Waals surface area contributed by atoms with Crippen molar-refractivity contribution in [1.29, 1.82) is 0 Å². The normalized spacial score (nSPS) is 28.5. The van der Waals surface area contributed by atoms with Crippen LogP contribution in [0.25, 0.3) is 21.9 Å². The van der Waals surface area contributed by atoms with Crippen LogP contribution in [0.4, 0.5) is 16.0 Å². The Morgan fingerprint density at radius 2 is 2.00 bits per heavy atom. The number of aliphatic hydroxyl groups excluding tert-OH is 2. The number of nitrogens with zero attached hydrogens (tertiary/aromatic N) is 4. The van der Waals surface area contributed by atoms with Gasteiger partial charge in [0, 0.05) is 17.0 Å². The predicted molar refractivity (Wildman–Crippen MR) is 126 cm³/mol. The predicted octanol–water partition coefficient (Wildman–Crippen LogP) is 2.96. The first-order chi connectivity index (χ1) is 15.8. The molecule has 10 heteroatoms. The lowest BCUT2D eigenvalue weighted by atomic mass is 9.91. The van der Waals surface area contributed by atoms with Crippen molar-refractivity contribution >= 4 is 49.5 Å². The molecule has 3 heterocycles. The first kappa shape index (κ1) is 20.8. The molecule has 0 bridgehead atoms. The molecular formula is C23H22BrFN6O2. The average Bonchev–Trinajstić information content (AvgIpc) is 3.27. The van der Waals surface area contributed by atoms with E-state index in [2.05, 4.69) is 30.9 Å². The molecule has 2 fully saturated rings. The maximum absolute atomic E-state index is 14.8. The molecule has 0 spiro atoms. The third-order valence-electron chi connectivity index (χ3n) is 7.54. The second-order valence-corrected chi connectivity index (χ2v) is 10.0. The van der Waals surface area contributed by atoms with E-state index in [1.54, 1.807) is 12.1 Å². The molecule has 2 saturated carbocycles. The van der Waals surface area contributed by atoms with Gasteiger partial charge in [-0.25, -0.2) is 19.3 Å². The number of aliphatic hydroxyl groups is 2. The molecular weight excluding hydrogens is 491 g/mol. The van der Waals surface area contributed by atoms with Gasteiger partial charge in [0.05, 0.1) is 27.5 Å². The Kier molecular flexibility index (Phi) is 4.46. The van der Waals surface area contributed by atoms with Crippen molar-refractivity contribution < 1.29 is 14.6 Å². The summed E-state index contributed by atoms with van der Waals surface area (Å²) >= 11 is 3.32. The van der Waals surface area contributed by atoms with Gasteiger partial charge in [0.1, 0.15) is 35.5 Å². The van der Waals surface area contributed by atoms with Crippen molar-refractivity contribution in [1.82, 2.24) is 19.5 Å². The van der Waals surface area contributed by atoms with Gasteiger partial charge >= 0.3 is 0 Å². The first-order valence-electron chi connectivity index (χ1n) is 10.8. The summed E-state index contributed by atoms with van der Waals surface area (Å²) in [7, 11) is 0. The summed E-state index contributed by atoms with van der Waals surface area (Å²) in [6.45, 7) is 0. The van der Waals surface area contributed by atoms with E-state index in [-0.39, 0.29) is 17.8 Å². The number of anilines is 2. The number of aromatic nitrogens is 4. The highest BCUT2D eigenvalue weighted by Crippen LogP contribution is 2.69. The minimum Gasteiger partial charge on any atom is -0.390 e. The van der Waals surface area contributed by atoms with Crippen molar-refractivity contribution in [3.05, 3.63) is 52.6 Å². The molecule has 0 radical (unpaired) electrons. The van der Waals surface area contributed by atoms with E-state index in [4.69, 9.17) is 11.5 Å². The number of rotatable bonds is 4. The monoisotopic (exact) mass is 512 g/mol. The zero-order valence-electron chi connectivity index (χ0n) is 17.5. The Labute approximate surface area is 196 Å². The zero-order chi connectivity index (χ0) is 23.1. The molecule has 0 amide bonds. The van der Waals surface area contributed by atoms with Gasteiger partial charge in [-0.15, -0.1) is 0 Å². The van der Waals surface area contributed by atoms with Crippen molar-refractivity contribution in [3.8, 4) is 0 Å². The average molecular weight is 513 g/mol. The second-order valence-electron chi connectivity index (χ2n) is 9.18. The maximum atomic E-state index is 14.8. The van der Waals surface area contributed by atoms with E-state index < -0.39 is 17.6 Å². The fourth-order valence-corrected chi connectivity index (χ4v) is 6.06. The van der Waals surface area contributed by atoms with Crippen LogP contribution in [0, 0.1) is 17.2 Å². The van der Waals surface area contributed by atoms with Crippen LogP contribution in [0.3, 0.4) is 0 Å². The lowest BCUT2D eigenvalue weighted by molar-refractivity contribution is -0.0192. The summed E-state index contributed by atoms with van der Waals surface area (Å²) in [6, 6.07) is 6.43. The molecule has 33 heavy (non-hydrogen) atoms. The van der Waals surface area contributed by atoms with Crippen molar-refractivity contribution in [2.45, 2.75) is 37.5 Å². The number of nitrogen functional groups attached to an aromatic ring is 2. The topological polar surface area (TPSA) is 136 Å². The first-order valence-corrected chi connectivity index (χ1v) is 11.6. The molecule has 4 aromatic rings. The largest absolute Gasteiger partial charge is 0.390 e. The molecule has 3 aromatic heterocycles. The molecule has 2 aliphatic rings. The van der Waals surface area contributed by atoms with Gasteiger partial charge in [-0.2, -0.15) is 0 Å². The highest BCUT2D eigenvalue weighted by atomic mass is 79.9. The van der Waals surface area contributed by atoms with Gasteiger partial charge < -0.3 is 26.2 Å². The number of benzene rings is 1. The van der Waals surface area contributed by atoms with E-state index in [0.717, 1.165) is 6.42 Å². The van der Waals surface area contributed by atoms with Crippen LogP contribution in [0.2, 0.25) is 0 Å². The number of nitrogens with two attached hydrogens (primary N) is 2. The highest BCUT2D eigenvalue weighted by molar-refractivity contribution is 9.10. The van der Waals surface area contributed by atoms with Crippen LogP contribution in [0.5, 0.6) is 0 Å². The summed E-state index contributed by atoms with van der Waals surface area (Å²) in [5, 5.41) is 23.3. The third kappa shape index (κ3) is 2.97. The third-order valence-corrected chi connectivity index (χ3v) is 8.17. The summed E-state index contributed by atoms with van der Waals surface area (Å²) in [4.78, 5) is 12.7. The summed E-state index contributed by atoms with van der Waals surface area (Å²) < 4.78 is 17.4. The number of hydrogen-bond donors (Lipinski definition) is 4. The smallest absolute Gasteiger partial charge is 0.145 e. The minimum atomic E-state index is -0.948. The number of fused-ring (bicyclic) bond motifs is 3. The van der Waals surface area contributed by atoms with Crippen LogP contribution in [-0.4, -0.2) is 41.9 Å². The van der Waals surface area contributed by atoms with E-state index in [1.807, 2.05) is 16.8 Å². The summed E-state index contributed by atoms with van der Waals surface area (Å²) in [5.41, 5.74) is 13.2. The van der Waals surface area contributed by atoms with Crippen LogP contribution in [0.1, 0.15) is 24.4 Å². The zero-order valence-corrected chi connectivity index (χ0v) is 19.1. The Morgan fingerprint density at radius 3 is 2.82 bits per heavy atom.